The molecule has 27 heavy (non-hydrogen) atoms. The highest BCUT2D eigenvalue weighted by Gasteiger charge is 2.50. The zero-order valence-electron chi connectivity index (χ0n) is 16.8. The first-order valence-corrected chi connectivity index (χ1v) is 11.7. The van der Waals surface area contributed by atoms with Gasteiger partial charge in [-0.2, -0.15) is 0 Å². The second-order valence-corrected chi connectivity index (χ2v) is 12.8. The van der Waals surface area contributed by atoms with Crippen LogP contribution in [-0.2, 0) is 14.0 Å². The fourth-order valence-corrected chi connectivity index (χ4v) is 8.61. The molecule has 0 spiro atoms. The molecule has 1 saturated heterocycles. The summed E-state index contributed by atoms with van der Waals surface area (Å²) in [6.45, 7) is 9.37. The number of hydrogen-bond donors (Lipinski definition) is 0. The van der Waals surface area contributed by atoms with Crippen molar-refractivity contribution in [2.24, 2.45) is 5.92 Å². The first-order chi connectivity index (χ1) is 12.8. The molecule has 0 unspecified atom stereocenters. The highest BCUT2D eigenvalue weighted by atomic mass is 28.4. The summed E-state index contributed by atoms with van der Waals surface area (Å²) in [6.07, 6.45) is 1.21. The number of carbonyl (C=O) groups is 1. The lowest BCUT2D eigenvalue weighted by atomic mass is 9.97. The molecule has 3 rings (SSSR count). The van der Waals surface area contributed by atoms with E-state index in [1.54, 1.807) is 0 Å². The van der Waals surface area contributed by atoms with Crippen molar-refractivity contribution in [1.82, 2.24) is 0 Å². The van der Waals surface area contributed by atoms with E-state index in [1.807, 2.05) is 12.1 Å². The van der Waals surface area contributed by atoms with E-state index in [0.29, 0.717) is 18.9 Å². The summed E-state index contributed by atoms with van der Waals surface area (Å²) in [5, 5.41) is 2.43. The summed E-state index contributed by atoms with van der Waals surface area (Å²) < 4.78 is 12.5. The largest absolute Gasteiger partial charge is 0.460 e. The minimum absolute atomic E-state index is 0.0718. The van der Waals surface area contributed by atoms with Gasteiger partial charge in [0.25, 0.3) is 8.32 Å². The van der Waals surface area contributed by atoms with E-state index in [4.69, 9.17) is 9.16 Å². The molecule has 0 N–H and O–H groups in total. The maximum Gasteiger partial charge on any atom is 0.306 e. The number of benzene rings is 2. The fraction of sp³-hybridized carbons (Fsp3) is 0.435. The summed E-state index contributed by atoms with van der Waals surface area (Å²) in [5.41, 5.74) is 0. The maximum atomic E-state index is 11.8. The zero-order valence-corrected chi connectivity index (χ0v) is 17.8. The van der Waals surface area contributed by atoms with E-state index < -0.39 is 8.32 Å². The van der Waals surface area contributed by atoms with Gasteiger partial charge in [0, 0.05) is 6.42 Å². The lowest BCUT2D eigenvalue weighted by Gasteiger charge is -2.44. The molecular weight excluding hydrogens is 352 g/mol. The van der Waals surface area contributed by atoms with Gasteiger partial charge in [-0.1, -0.05) is 88.4 Å². The van der Waals surface area contributed by atoms with Gasteiger partial charge in [-0.05, 0) is 27.8 Å². The quantitative estimate of drug-likeness (QED) is 0.581. The molecule has 2 atom stereocenters. The van der Waals surface area contributed by atoms with E-state index in [2.05, 4.69) is 76.2 Å². The number of cyclic esters (lactones) is 1. The first-order valence-electron chi connectivity index (χ1n) is 9.79. The van der Waals surface area contributed by atoms with Crippen LogP contribution >= 0.6 is 0 Å². The van der Waals surface area contributed by atoms with Gasteiger partial charge in [-0.25, -0.2) is 0 Å². The highest BCUT2D eigenvalue weighted by Crippen LogP contribution is 2.37. The van der Waals surface area contributed by atoms with Gasteiger partial charge < -0.3 is 9.16 Å². The van der Waals surface area contributed by atoms with Gasteiger partial charge in [0.15, 0.2) is 0 Å². The van der Waals surface area contributed by atoms with Crippen molar-refractivity contribution in [3.63, 3.8) is 0 Å². The van der Waals surface area contributed by atoms with Crippen LogP contribution in [0.1, 0.15) is 40.5 Å². The Bertz CT molecular complexity index is 713. The van der Waals surface area contributed by atoms with Crippen molar-refractivity contribution in [3.05, 3.63) is 60.7 Å². The molecule has 0 bridgehead atoms. The smallest absolute Gasteiger partial charge is 0.306 e. The second kappa shape index (κ2) is 7.99. The molecule has 1 heterocycles. The Labute approximate surface area is 163 Å². The predicted molar refractivity (Wildman–Crippen MR) is 112 cm³/mol. The van der Waals surface area contributed by atoms with Gasteiger partial charge in [-0.15, -0.1) is 0 Å². The summed E-state index contributed by atoms with van der Waals surface area (Å²) in [4.78, 5) is 11.8. The fourth-order valence-electron chi connectivity index (χ4n) is 4.04. The van der Waals surface area contributed by atoms with Crippen LogP contribution in [0.15, 0.2) is 60.7 Å². The zero-order chi connectivity index (χ0) is 19.5. The number of ether oxygens (including phenoxy) is 1. The molecule has 1 aliphatic heterocycles. The van der Waals surface area contributed by atoms with Gasteiger partial charge in [-0.3, -0.25) is 4.79 Å². The molecule has 0 aromatic heterocycles. The van der Waals surface area contributed by atoms with Crippen molar-refractivity contribution in [1.29, 1.82) is 0 Å². The third-order valence-corrected chi connectivity index (χ3v) is 10.6. The van der Waals surface area contributed by atoms with Crippen LogP contribution in [-0.4, -0.2) is 27.0 Å². The molecule has 0 aliphatic carbocycles. The van der Waals surface area contributed by atoms with Crippen LogP contribution in [0.5, 0.6) is 0 Å². The van der Waals surface area contributed by atoms with E-state index in [-0.39, 0.29) is 17.1 Å². The van der Waals surface area contributed by atoms with Crippen molar-refractivity contribution in [2.75, 3.05) is 6.61 Å². The third kappa shape index (κ3) is 4.02. The second-order valence-electron chi connectivity index (χ2n) is 8.52. The van der Waals surface area contributed by atoms with Crippen LogP contribution in [0.2, 0.25) is 5.04 Å². The summed E-state index contributed by atoms with van der Waals surface area (Å²) >= 11 is 0. The Hall–Kier alpha value is -1.91. The molecule has 1 aliphatic rings. The van der Waals surface area contributed by atoms with Crippen LogP contribution in [0.3, 0.4) is 0 Å². The Morgan fingerprint density at radius 1 is 1.00 bits per heavy atom. The molecule has 144 valence electrons. The van der Waals surface area contributed by atoms with Crippen molar-refractivity contribution < 1.29 is 14.0 Å². The Balaban J connectivity index is 2.03. The van der Waals surface area contributed by atoms with Crippen LogP contribution < -0.4 is 10.4 Å². The number of hydrogen-bond acceptors (Lipinski definition) is 3. The standard InChI is InChI=1S/C23H30O3Si/c1-18-15-16-22(24)26-21(18)17-25-27(23(2,3)4,19-11-7-5-8-12-19)20-13-9-6-10-14-20/h5-14,18,21H,15-17H2,1-4H3/t18-,21+/m0/s1. The van der Waals surface area contributed by atoms with Crippen LogP contribution in [0.4, 0.5) is 0 Å². The first kappa shape index (κ1) is 19.8. The van der Waals surface area contributed by atoms with E-state index >= 15 is 0 Å². The van der Waals surface area contributed by atoms with Gasteiger partial charge >= 0.3 is 5.97 Å². The average molecular weight is 383 g/mol. The monoisotopic (exact) mass is 382 g/mol. The van der Waals surface area contributed by atoms with E-state index in [0.717, 1.165) is 6.42 Å². The molecule has 2 aromatic carbocycles. The highest BCUT2D eigenvalue weighted by molar-refractivity contribution is 6.99. The van der Waals surface area contributed by atoms with Crippen molar-refractivity contribution >= 4 is 24.7 Å². The maximum absolute atomic E-state index is 11.8. The molecule has 4 heteroatoms. The predicted octanol–water partition coefficient (Wildman–Crippen LogP) is 3.90. The molecule has 0 amide bonds. The summed E-state index contributed by atoms with van der Waals surface area (Å²) in [5.74, 6) is 0.213. The Kier molecular flexibility index (Phi) is 5.87. The van der Waals surface area contributed by atoms with E-state index in [1.165, 1.54) is 10.4 Å². The topological polar surface area (TPSA) is 35.5 Å². The lowest BCUT2D eigenvalue weighted by molar-refractivity contribution is -0.160. The molecular formula is C23H30O3Si. The minimum Gasteiger partial charge on any atom is -0.460 e. The van der Waals surface area contributed by atoms with Crippen LogP contribution in [0.25, 0.3) is 0 Å². The molecule has 0 radical (unpaired) electrons. The molecule has 3 nitrogen and oxygen atoms in total. The number of carbonyl (C=O) groups excluding carboxylic acids is 1. The summed E-state index contributed by atoms with van der Waals surface area (Å²) in [6, 6.07) is 21.1. The van der Waals surface area contributed by atoms with Gasteiger partial charge in [0.05, 0.1) is 6.61 Å². The van der Waals surface area contributed by atoms with Gasteiger partial charge in [0.2, 0.25) is 0 Å². The molecule has 2 aromatic rings. The Morgan fingerprint density at radius 2 is 1.52 bits per heavy atom. The number of esters is 1. The number of rotatable bonds is 5. The van der Waals surface area contributed by atoms with Crippen LogP contribution in [0, 0.1) is 5.92 Å². The third-order valence-electron chi connectivity index (χ3n) is 5.60. The van der Waals surface area contributed by atoms with Gasteiger partial charge in [0.1, 0.15) is 6.10 Å². The molecule has 1 fully saturated rings. The Morgan fingerprint density at radius 3 is 2.00 bits per heavy atom. The lowest BCUT2D eigenvalue weighted by Crippen LogP contribution is -2.67. The average Bonchev–Trinajstić information content (AvgIpc) is 2.65. The SMILES string of the molecule is C[C@H]1CCC(=O)O[C@@H]1CO[Si](c1ccccc1)(c1ccccc1)C(C)(C)C. The molecule has 0 saturated carbocycles. The van der Waals surface area contributed by atoms with Crippen molar-refractivity contribution in [2.45, 2.75) is 51.7 Å². The minimum atomic E-state index is -2.58. The van der Waals surface area contributed by atoms with E-state index in [9.17, 15) is 4.79 Å². The summed E-state index contributed by atoms with van der Waals surface area (Å²) in [7, 11) is -2.58. The normalized spacial score (nSPS) is 21.0. The van der Waals surface area contributed by atoms with Crippen molar-refractivity contribution in [3.8, 4) is 0 Å².